The second kappa shape index (κ2) is 5.16. The Balaban J connectivity index is 0. The van der Waals surface area contributed by atoms with Gasteiger partial charge in [-0.2, -0.15) is 0 Å². The van der Waals surface area contributed by atoms with Gasteiger partial charge in [0.2, 0.25) is 0 Å². The third kappa shape index (κ3) is 4.31. The Kier molecular flexibility index (Phi) is 6.75. The van der Waals surface area contributed by atoms with Crippen molar-refractivity contribution in [1.82, 2.24) is 4.31 Å². The van der Waals surface area contributed by atoms with Gasteiger partial charge in [0.25, 0.3) is 0 Å². The van der Waals surface area contributed by atoms with Crippen molar-refractivity contribution >= 4 is 10.3 Å². The second-order valence-corrected chi connectivity index (χ2v) is 2.91. The van der Waals surface area contributed by atoms with Gasteiger partial charge in [-0.25, -0.2) is 12.7 Å². The molecule has 0 aliphatic heterocycles. The molecular weight excluding hydrogens is 149 g/mol. The molecule has 4 nitrogen and oxygen atoms in total. The second-order valence-electron chi connectivity index (χ2n) is 1.54. The summed E-state index contributed by atoms with van der Waals surface area (Å²) in [5, 5.41) is 0. The monoisotopic (exact) mass is 159 g/mol. The normalized spacial score (nSPS) is 11.2. The average Bonchev–Trinajstić information content (AvgIpc) is 1.65. The van der Waals surface area contributed by atoms with E-state index in [0.717, 1.165) is 4.31 Å². The van der Waals surface area contributed by atoms with Gasteiger partial charge in [-0.15, -0.1) is 0 Å². The van der Waals surface area contributed by atoms with Crippen LogP contribution in [0, 0.1) is 0 Å². The summed E-state index contributed by atoms with van der Waals surface area (Å²) in [4.78, 5) is 0. The van der Waals surface area contributed by atoms with Gasteiger partial charge in [0.15, 0.2) is 10.3 Å². The van der Waals surface area contributed by atoms with Crippen molar-refractivity contribution in [3.05, 3.63) is 0 Å². The van der Waals surface area contributed by atoms with E-state index in [4.69, 9.17) is 0 Å². The number of hydrogen-bond acceptors (Lipinski definition) is 3. The van der Waals surface area contributed by atoms with E-state index in [1.165, 1.54) is 0 Å². The molecule has 6 heteroatoms. The van der Waals surface area contributed by atoms with E-state index in [9.17, 15) is 13.0 Å². The van der Waals surface area contributed by atoms with Crippen LogP contribution in [0.3, 0.4) is 0 Å². The van der Waals surface area contributed by atoms with Crippen LogP contribution in [0.15, 0.2) is 0 Å². The minimum atomic E-state index is -4.18. The van der Waals surface area contributed by atoms with Gasteiger partial charge in [-0.1, -0.05) is 13.8 Å². The Labute approximate surface area is 73.7 Å². The molecule has 0 heterocycles. The zero-order chi connectivity index (χ0) is 7.49. The van der Waals surface area contributed by atoms with Crippen LogP contribution >= 0.6 is 0 Å². The molecule has 0 bridgehead atoms. The van der Waals surface area contributed by atoms with Crippen molar-refractivity contribution < 1.29 is 31.8 Å². The van der Waals surface area contributed by atoms with Crippen LogP contribution in [0.4, 0.5) is 0 Å². The molecule has 0 N–H and O–H groups in total. The quantitative estimate of drug-likeness (QED) is 0.322. The predicted molar refractivity (Wildman–Crippen MR) is 32.6 cm³/mol. The zero-order valence-corrected chi connectivity index (χ0v) is 7.31. The smallest absolute Gasteiger partial charge is 0.735 e. The van der Waals surface area contributed by atoms with Crippen molar-refractivity contribution in [3.63, 3.8) is 0 Å². The van der Waals surface area contributed by atoms with Crippen LogP contribution in [0.25, 0.3) is 0 Å². The summed E-state index contributed by atoms with van der Waals surface area (Å²) in [7, 11) is -4.18. The molecular formula is C4H10LiNO3S. The zero-order valence-electron chi connectivity index (χ0n) is 6.49. The molecule has 10 heavy (non-hydrogen) atoms. The van der Waals surface area contributed by atoms with Crippen molar-refractivity contribution in [2.75, 3.05) is 13.1 Å². The summed E-state index contributed by atoms with van der Waals surface area (Å²) >= 11 is 0. The van der Waals surface area contributed by atoms with Gasteiger partial charge < -0.3 is 4.55 Å². The first-order chi connectivity index (χ1) is 4.02. The summed E-state index contributed by atoms with van der Waals surface area (Å²) in [5.41, 5.74) is 0. The number of nitrogens with zero attached hydrogens (tertiary/aromatic N) is 1. The Morgan fingerprint density at radius 3 is 1.60 bits per heavy atom. The maximum atomic E-state index is 10.2. The molecule has 56 valence electrons. The Morgan fingerprint density at radius 1 is 1.30 bits per heavy atom. The standard InChI is InChI=1S/C4H11NO3S.Li/c1-3-5(4-2)9(6,7)8;/h3-4H2,1-2H3,(H,6,7,8);/q;+1/p-1. The topological polar surface area (TPSA) is 60.4 Å². The Bertz CT molecular complexity index is 163. The minimum Gasteiger partial charge on any atom is -0.735 e. The van der Waals surface area contributed by atoms with Gasteiger partial charge in [0.05, 0.1) is 0 Å². The third-order valence-electron chi connectivity index (χ3n) is 1.02. The molecule has 0 radical (unpaired) electrons. The molecule has 0 fully saturated rings. The number of hydrogen-bond donors (Lipinski definition) is 0. The summed E-state index contributed by atoms with van der Waals surface area (Å²) in [5.74, 6) is 0. The van der Waals surface area contributed by atoms with Crippen LogP contribution in [0.5, 0.6) is 0 Å². The molecule has 0 aromatic carbocycles. The molecule has 0 saturated carbocycles. The first kappa shape index (κ1) is 13.1. The molecule has 0 amide bonds. The van der Waals surface area contributed by atoms with E-state index in [2.05, 4.69) is 0 Å². The van der Waals surface area contributed by atoms with Crippen LogP contribution in [-0.4, -0.2) is 30.4 Å². The maximum Gasteiger partial charge on any atom is 1.00 e. The Hall–Kier alpha value is 0.467. The predicted octanol–water partition coefficient (Wildman–Crippen LogP) is -3.21. The van der Waals surface area contributed by atoms with Gasteiger partial charge >= 0.3 is 18.9 Å². The maximum absolute atomic E-state index is 10.2. The van der Waals surface area contributed by atoms with Crippen LogP contribution in [0.1, 0.15) is 13.8 Å². The molecule has 0 aliphatic rings. The molecule has 0 saturated heterocycles. The van der Waals surface area contributed by atoms with Crippen molar-refractivity contribution in [1.29, 1.82) is 0 Å². The van der Waals surface area contributed by atoms with Crippen molar-refractivity contribution in [2.45, 2.75) is 13.8 Å². The first-order valence-corrected chi connectivity index (χ1v) is 4.09. The largest absolute Gasteiger partial charge is 1.00 e. The third-order valence-corrected chi connectivity index (χ3v) is 2.17. The van der Waals surface area contributed by atoms with Gasteiger partial charge in [0, 0.05) is 13.1 Å². The fourth-order valence-corrected chi connectivity index (χ4v) is 1.17. The molecule has 0 aromatic heterocycles. The fraction of sp³-hybridized carbons (Fsp3) is 1.00. The average molecular weight is 159 g/mol. The summed E-state index contributed by atoms with van der Waals surface area (Å²) < 4.78 is 31.3. The molecule has 0 aliphatic carbocycles. The van der Waals surface area contributed by atoms with E-state index in [1.807, 2.05) is 0 Å². The van der Waals surface area contributed by atoms with E-state index in [1.54, 1.807) is 13.8 Å². The van der Waals surface area contributed by atoms with E-state index in [0.29, 0.717) is 0 Å². The van der Waals surface area contributed by atoms with E-state index < -0.39 is 10.3 Å². The summed E-state index contributed by atoms with van der Waals surface area (Å²) in [6.07, 6.45) is 0. The van der Waals surface area contributed by atoms with Crippen molar-refractivity contribution in [3.8, 4) is 0 Å². The van der Waals surface area contributed by atoms with Gasteiger partial charge in [0.1, 0.15) is 0 Å². The molecule has 0 aromatic rings. The van der Waals surface area contributed by atoms with E-state index >= 15 is 0 Å². The van der Waals surface area contributed by atoms with E-state index in [-0.39, 0.29) is 32.0 Å². The molecule has 0 rings (SSSR count). The van der Waals surface area contributed by atoms with Crippen LogP contribution < -0.4 is 18.9 Å². The van der Waals surface area contributed by atoms with Crippen LogP contribution in [0.2, 0.25) is 0 Å². The summed E-state index contributed by atoms with van der Waals surface area (Å²) in [6, 6.07) is 0. The Morgan fingerprint density at radius 2 is 1.60 bits per heavy atom. The van der Waals surface area contributed by atoms with Gasteiger partial charge in [-0.05, 0) is 0 Å². The molecule has 0 atom stereocenters. The van der Waals surface area contributed by atoms with Crippen LogP contribution in [-0.2, 0) is 10.3 Å². The van der Waals surface area contributed by atoms with Gasteiger partial charge in [-0.3, -0.25) is 0 Å². The summed E-state index contributed by atoms with van der Waals surface area (Å²) in [6.45, 7) is 3.75. The number of rotatable bonds is 3. The minimum absolute atomic E-state index is 0. The molecule has 0 spiro atoms. The first-order valence-electron chi connectivity index (χ1n) is 2.73. The fourth-order valence-electron chi connectivity index (χ4n) is 0.540. The van der Waals surface area contributed by atoms with Crippen molar-refractivity contribution in [2.24, 2.45) is 0 Å². The SMILES string of the molecule is CCN(CC)S(=O)(=O)[O-].[Li+]. The molecule has 0 unspecified atom stereocenters.